The molecule has 4 heteroatoms. The van der Waals surface area contributed by atoms with Crippen molar-refractivity contribution < 1.29 is 9.47 Å². The Balaban J connectivity index is 1.80. The molecule has 1 saturated carbocycles. The van der Waals surface area contributed by atoms with Crippen LogP contribution in [0.3, 0.4) is 0 Å². The molecule has 3 rings (SSSR count). The average Bonchev–Trinajstić information content (AvgIpc) is 3.09. The van der Waals surface area contributed by atoms with Crippen LogP contribution in [0.25, 0.3) is 0 Å². The van der Waals surface area contributed by atoms with E-state index in [4.69, 9.17) is 15.2 Å². The Bertz CT molecular complexity index is 480. The standard InChI is InChI=1S/C17H26N2O2/c1-20-16-7-6-12(8-17(16)21-2)15(9-18)19-10-13-4-3-5-14(13)11-19/h6-8,13-15H,3-5,9-11,18H2,1-2H3. The zero-order chi connectivity index (χ0) is 14.8. The predicted molar refractivity (Wildman–Crippen MR) is 83.7 cm³/mol. The van der Waals surface area contributed by atoms with E-state index in [1.54, 1.807) is 14.2 Å². The van der Waals surface area contributed by atoms with Gasteiger partial charge in [-0.05, 0) is 42.4 Å². The van der Waals surface area contributed by atoms with E-state index >= 15 is 0 Å². The van der Waals surface area contributed by atoms with Gasteiger partial charge in [0.2, 0.25) is 0 Å². The van der Waals surface area contributed by atoms with Gasteiger partial charge in [-0.3, -0.25) is 4.90 Å². The molecule has 0 radical (unpaired) electrons. The summed E-state index contributed by atoms with van der Waals surface area (Å²) in [5, 5.41) is 0. The molecule has 1 aromatic rings. The van der Waals surface area contributed by atoms with Gasteiger partial charge in [-0.1, -0.05) is 12.5 Å². The van der Waals surface area contributed by atoms with Crippen molar-refractivity contribution in [3.05, 3.63) is 23.8 Å². The average molecular weight is 290 g/mol. The van der Waals surface area contributed by atoms with Gasteiger partial charge in [0, 0.05) is 25.7 Å². The molecular formula is C17H26N2O2. The lowest BCUT2D eigenvalue weighted by Crippen LogP contribution is -2.32. The summed E-state index contributed by atoms with van der Waals surface area (Å²) in [6.45, 7) is 3.04. The fourth-order valence-corrected chi connectivity index (χ4v) is 4.08. The zero-order valence-electron chi connectivity index (χ0n) is 13.0. The lowest BCUT2D eigenvalue weighted by atomic mass is 10.0. The first-order valence-electron chi connectivity index (χ1n) is 7.92. The van der Waals surface area contributed by atoms with E-state index in [0.29, 0.717) is 6.54 Å². The zero-order valence-corrected chi connectivity index (χ0v) is 13.0. The third kappa shape index (κ3) is 2.74. The number of benzene rings is 1. The van der Waals surface area contributed by atoms with Gasteiger partial charge in [-0.2, -0.15) is 0 Å². The molecule has 3 atom stereocenters. The van der Waals surface area contributed by atoms with E-state index in [1.165, 1.54) is 37.9 Å². The Morgan fingerprint density at radius 1 is 1.14 bits per heavy atom. The van der Waals surface area contributed by atoms with Gasteiger partial charge in [0.1, 0.15) is 0 Å². The summed E-state index contributed by atoms with van der Waals surface area (Å²) < 4.78 is 10.7. The summed E-state index contributed by atoms with van der Waals surface area (Å²) in [7, 11) is 3.35. The van der Waals surface area contributed by atoms with Crippen LogP contribution < -0.4 is 15.2 Å². The first kappa shape index (κ1) is 14.7. The van der Waals surface area contributed by atoms with Crippen LogP contribution in [0.4, 0.5) is 0 Å². The molecule has 0 bridgehead atoms. The molecule has 1 heterocycles. The van der Waals surface area contributed by atoms with Gasteiger partial charge in [-0.15, -0.1) is 0 Å². The summed E-state index contributed by atoms with van der Waals surface area (Å²) in [5.41, 5.74) is 7.31. The third-order valence-corrected chi connectivity index (χ3v) is 5.21. The third-order valence-electron chi connectivity index (χ3n) is 5.21. The number of likely N-dealkylation sites (tertiary alicyclic amines) is 1. The topological polar surface area (TPSA) is 47.7 Å². The Labute approximate surface area is 127 Å². The summed E-state index contributed by atoms with van der Waals surface area (Å²) in [6, 6.07) is 6.46. The maximum Gasteiger partial charge on any atom is 0.161 e. The molecule has 1 aliphatic heterocycles. The van der Waals surface area contributed by atoms with E-state index in [0.717, 1.165) is 23.3 Å². The highest BCUT2D eigenvalue weighted by Crippen LogP contribution is 2.41. The van der Waals surface area contributed by atoms with Crippen LogP contribution in [0.5, 0.6) is 11.5 Å². The highest BCUT2D eigenvalue weighted by atomic mass is 16.5. The Morgan fingerprint density at radius 2 is 1.81 bits per heavy atom. The molecule has 116 valence electrons. The molecular weight excluding hydrogens is 264 g/mol. The quantitative estimate of drug-likeness (QED) is 0.905. The number of hydrogen-bond donors (Lipinski definition) is 1. The van der Waals surface area contributed by atoms with Crippen LogP contribution >= 0.6 is 0 Å². The second-order valence-corrected chi connectivity index (χ2v) is 6.27. The lowest BCUT2D eigenvalue weighted by molar-refractivity contribution is 0.231. The number of methoxy groups -OCH3 is 2. The highest BCUT2D eigenvalue weighted by molar-refractivity contribution is 5.44. The van der Waals surface area contributed by atoms with Crippen molar-refractivity contribution in [3.63, 3.8) is 0 Å². The Kier molecular flexibility index (Phi) is 4.36. The number of nitrogens with zero attached hydrogens (tertiary/aromatic N) is 1. The summed E-state index contributed by atoms with van der Waals surface area (Å²) in [5.74, 6) is 3.33. The van der Waals surface area contributed by atoms with Crippen molar-refractivity contribution in [2.45, 2.75) is 25.3 Å². The van der Waals surface area contributed by atoms with E-state index in [-0.39, 0.29) is 6.04 Å². The number of hydrogen-bond acceptors (Lipinski definition) is 4. The molecule has 2 fully saturated rings. The van der Waals surface area contributed by atoms with Crippen molar-refractivity contribution >= 4 is 0 Å². The van der Waals surface area contributed by atoms with Gasteiger partial charge >= 0.3 is 0 Å². The fourth-order valence-electron chi connectivity index (χ4n) is 4.08. The molecule has 2 aliphatic rings. The van der Waals surface area contributed by atoms with Crippen LogP contribution in [0.15, 0.2) is 18.2 Å². The second-order valence-electron chi connectivity index (χ2n) is 6.27. The maximum atomic E-state index is 6.08. The minimum atomic E-state index is 0.287. The molecule has 1 aromatic carbocycles. The molecule has 1 saturated heterocycles. The van der Waals surface area contributed by atoms with Crippen molar-refractivity contribution in [2.75, 3.05) is 33.9 Å². The maximum absolute atomic E-state index is 6.08. The van der Waals surface area contributed by atoms with Gasteiger partial charge < -0.3 is 15.2 Å². The minimum absolute atomic E-state index is 0.287. The van der Waals surface area contributed by atoms with Crippen LogP contribution in [0.1, 0.15) is 30.9 Å². The molecule has 4 nitrogen and oxygen atoms in total. The van der Waals surface area contributed by atoms with Crippen LogP contribution in [0, 0.1) is 11.8 Å². The van der Waals surface area contributed by atoms with E-state index in [2.05, 4.69) is 17.0 Å². The Morgan fingerprint density at radius 3 is 2.38 bits per heavy atom. The number of nitrogens with two attached hydrogens (primary N) is 1. The van der Waals surface area contributed by atoms with Gasteiger partial charge in [0.15, 0.2) is 11.5 Å². The fraction of sp³-hybridized carbons (Fsp3) is 0.647. The molecule has 0 aromatic heterocycles. The number of fused-ring (bicyclic) bond motifs is 1. The van der Waals surface area contributed by atoms with Crippen molar-refractivity contribution in [3.8, 4) is 11.5 Å². The monoisotopic (exact) mass is 290 g/mol. The van der Waals surface area contributed by atoms with Crippen LogP contribution in [-0.2, 0) is 0 Å². The molecule has 3 unspecified atom stereocenters. The van der Waals surface area contributed by atoms with E-state index < -0.39 is 0 Å². The normalized spacial score (nSPS) is 26.6. The summed E-state index contributed by atoms with van der Waals surface area (Å²) in [6.07, 6.45) is 4.20. The molecule has 0 spiro atoms. The molecule has 0 amide bonds. The Hall–Kier alpha value is -1.26. The number of ether oxygens (including phenoxy) is 2. The first-order chi connectivity index (χ1) is 10.3. The first-order valence-corrected chi connectivity index (χ1v) is 7.92. The van der Waals surface area contributed by atoms with Crippen molar-refractivity contribution in [1.82, 2.24) is 4.90 Å². The van der Waals surface area contributed by atoms with E-state index in [9.17, 15) is 0 Å². The van der Waals surface area contributed by atoms with Crippen molar-refractivity contribution in [2.24, 2.45) is 17.6 Å². The molecule has 1 aliphatic carbocycles. The van der Waals surface area contributed by atoms with Gasteiger partial charge in [0.25, 0.3) is 0 Å². The summed E-state index contributed by atoms with van der Waals surface area (Å²) in [4.78, 5) is 2.57. The van der Waals surface area contributed by atoms with E-state index in [1.807, 2.05) is 6.07 Å². The largest absolute Gasteiger partial charge is 0.493 e. The van der Waals surface area contributed by atoms with Gasteiger partial charge in [0.05, 0.1) is 14.2 Å². The molecule has 2 N–H and O–H groups in total. The highest BCUT2D eigenvalue weighted by Gasteiger charge is 2.38. The van der Waals surface area contributed by atoms with Crippen LogP contribution in [-0.4, -0.2) is 38.8 Å². The predicted octanol–water partition coefficient (Wildman–Crippen LogP) is 2.44. The molecule has 21 heavy (non-hydrogen) atoms. The van der Waals surface area contributed by atoms with Gasteiger partial charge in [-0.25, -0.2) is 0 Å². The van der Waals surface area contributed by atoms with Crippen LogP contribution in [0.2, 0.25) is 0 Å². The second kappa shape index (κ2) is 6.24. The lowest BCUT2D eigenvalue weighted by Gasteiger charge is -2.28. The summed E-state index contributed by atoms with van der Waals surface area (Å²) >= 11 is 0. The number of rotatable bonds is 5. The minimum Gasteiger partial charge on any atom is -0.493 e. The smallest absolute Gasteiger partial charge is 0.161 e. The van der Waals surface area contributed by atoms with Crippen molar-refractivity contribution in [1.29, 1.82) is 0 Å². The SMILES string of the molecule is COc1ccc(C(CN)N2CC3CCCC3C2)cc1OC.